The monoisotopic (exact) mass is 308 g/mol. The smallest absolute Gasteiger partial charge is 0.163 e. The van der Waals surface area contributed by atoms with Crippen molar-refractivity contribution in [2.24, 2.45) is 5.73 Å². The van der Waals surface area contributed by atoms with Crippen LogP contribution in [-0.2, 0) is 0 Å². The Labute approximate surface area is 112 Å². The van der Waals surface area contributed by atoms with Gasteiger partial charge in [0.25, 0.3) is 0 Å². The zero-order valence-corrected chi connectivity index (χ0v) is 11.1. The lowest BCUT2D eigenvalue weighted by atomic mass is 10.2. The Bertz CT molecular complexity index is 559. The minimum Gasteiger partial charge on any atom is -0.389 e. The van der Waals surface area contributed by atoms with Crippen LogP contribution in [0.1, 0.15) is 5.56 Å². The van der Waals surface area contributed by atoms with Gasteiger partial charge in [-0.25, -0.2) is 0 Å². The van der Waals surface area contributed by atoms with Gasteiger partial charge in [0.15, 0.2) is 5.82 Å². The van der Waals surface area contributed by atoms with Crippen molar-refractivity contribution >= 4 is 44.6 Å². The number of nitrogens with one attached hydrogen (secondary N) is 1. The van der Waals surface area contributed by atoms with Crippen molar-refractivity contribution in [1.82, 2.24) is 10.2 Å². The maximum atomic E-state index is 5.62. The molecule has 0 aliphatic rings. The van der Waals surface area contributed by atoms with Crippen molar-refractivity contribution in [3.8, 4) is 0 Å². The molecule has 4 nitrogen and oxygen atoms in total. The predicted molar refractivity (Wildman–Crippen MR) is 75.3 cm³/mol. The largest absolute Gasteiger partial charge is 0.389 e. The van der Waals surface area contributed by atoms with Crippen molar-refractivity contribution in [3.05, 3.63) is 46.6 Å². The molecule has 17 heavy (non-hydrogen) atoms. The number of hydrogen-bond donors (Lipinski definition) is 2. The Morgan fingerprint density at radius 2 is 2.06 bits per heavy atom. The fourth-order valence-electron chi connectivity index (χ4n) is 1.31. The molecule has 1 aromatic heterocycles. The van der Waals surface area contributed by atoms with Crippen molar-refractivity contribution < 1.29 is 0 Å². The summed E-state index contributed by atoms with van der Waals surface area (Å²) in [6, 6.07) is 9.43. The van der Waals surface area contributed by atoms with Gasteiger partial charge in [-0.15, -0.1) is 5.10 Å². The quantitative estimate of drug-likeness (QED) is 0.853. The van der Waals surface area contributed by atoms with Crippen LogP contribution in [0.2, 0.25) is 0 Å². The van der Waals surface area contributed by atoms with Gasteiger partial charge >= 0.3 is 0 Å². The normalized spacial score (nSPS) is 9.94. The number of anilines is 2. The summed E-state index contributed by atoms with van der Waals surface area (Å²) in [5, 5.41) is 10.9. The number of rotatable bonds is 3. The van der Waals surface area contributed by atoms with Crippen LogP contribution in [0.3, 0.4) is 0 Å². The number of para-hydroxylation sites is 1. The number of hydrogen-bond acceptors (Lipinski definition) is 4. The third-order valence-corrected chi connectivity index (χ3v) is 3.02. The van der Waals surface area contributed by atoms with Crippen molar-refractivity contribution in [2.45, 2.75) is 0 Å². The Kier molecular flexibility index (Phi) is 3.65. The molecule has 86 valence electrons. The van der Waals surface area contributed by atoms with E-state index in [-0.39, 0.29) is 4.99 Å². The molecule has 1 aromatic carbocycles. The molecule has 0 saturated carbocycles. The van der Waals surface area contributed by atoms with Crippen molar-refractivity contribution in [2.75, 3.05) is 5.32 Å². The highest BCUT2D eigenvalue weighted by atomic mass is 79.9. The molecular formula is C11H9BrN4S. The standard InChI is InChI=1S/C11H9BrN4S/c12-8-3-1-2-4-9(8)15-11-7(10(13)17)5-6-14-16-11/h1-6H,(H2,13,17)(H,15,16). The topological polar surface area (TPSA) is 63.8 Å². The van der Waals surface area contributed by atoms with E-state index in [9.17, 15) is 0 Å². The van der Waals surface area contributed by atoms with E-state index in [1.165, 1.54) is 0 Å². The van der Waals surface area contributed by atoms with Gasteiger partial charge in [-0.1, -0.05) is 24.4 Å². The Morgan fingerprint density at radius 3 is 2.76 bits per heavy atom. The maximum Gasteiger partial charge on any atom is 0.163 e. The van der Waals surface area contributed by atoms with Gasteiger partial charge in [0.05, 0.1) is 17.4 Å². The molecule has 2 rings (SSSR count). The molecule has 0 saturated heterocycles. The third kappa shape index (κ3) is 2.78. The van der Waals surface area contributed by atoms with Crippen LogP contribution >= 0.6 is 28.1 Å². The van der Waals surface area contributed by atoms with Crippen molar-refractivity contribution in [3.63, 3.8) is 0 Å². The van der Waals surface area contributed by atoms with E-state index >= 15 is 0 Å². The average molecular weight is 309 g/mol. The summed E-state index contributed by atoms with van der Waals surface area (Å²) < 4.78 is 0.930. The molecule has 0 aliphatic carbocycles. The molecule has 0 bridgehead atoms. The molecule has 6 heteroatoms. The summed E-state index contributed by atoms with van der Waals surface area (Å²) in [5.41, 5.74) is 7.17. The first-order chi connectivity index (χ1) is 8.18. The minimum atomic E-state index is 0.287. The third-order valence-electron chi connectivity index (χ3n) is 2.11. The fourth-order valence-corrected chi connectivity index (χ4v) is 1.86. The lowest BCUT2D eigenvalue weighted by molar-refractivity contribution is 1.03. The molecule has 0 amide bonds. The number of thiocarbonyl (C=S) groups is 1. The Hall–Kier alpha value is -1.53. The van der Waals surface area contributed by atoms with E-state index in [1.54, 1.807) is 12.3 Å². The van der Waals surface area contributed by atoms with E-state index in [0.29, 0.717) is 11.4 Å². The predicted octanol–water partition coefficient (Wildman–Crippen LogP) is 2.62. The summed E-state index contributed by atoms with van der Waals surface area (Å²) in [6.07, 6.45) is 1.56. The highest BCUT2D eigenvalue weighted by molar-refractivity contribution is 9.10. The Balaban J connectivity index is 2.37. The number of benzene rings is 1. The van der Waals surface area contributed by atoms with Crippen LogP contribution in [0.4, 0.5) is 11.5 Å². The van der Waals surface area contributed by atoms with E-state index in [1.807, 2.05) is 24.3 Å². The van der Waals surface area contributed by atoms with Crippen LogP contribution < -0.4 is 11.1 Å². The van der Waals surface area contributed by atoms with Gasteiger partial charge in [0.2, 0.25) is 0 Å². The van der Waals surface area contributed by atoms with Crippen molar-refractivity contribution in [1.29, 1.82) is 0 Å². The van der Waals surface area contributed by atoms with E-state index in [2.05, 4.69) is 31.4 Å². The van der Waals surface area contributed by atoms with E-state index < -0.39 is 0 Å². The van der Waals surface area contributed by atoms with Gasteiger partial charge in [0.1, 0.15) is 4.99 Å². The lowest BCUT2D eigenvalue weighted by Gasteiger charge is -2.10. The maximum absolute atomic E-state index is 5.62. The van der Waals surface area contributed by atoms with E-state index in [4.69, 9.17) is 18.0 Å². The van der Waals surface area contributed by atoms with Gasteiger partial charge in [-0.05, 0) is 34.1 Å². The zero-order valence-electron chi connectivity index (χ0n) is 8.72. The van der Waals surface area contributed by atoms with Crippen LogP contribution in [-0.4, -0.2) is 15.2 Å². The summed E-state index contributed by atoms with van der Waals surface area (Å²) in [4.78, 5) is 0.287. The average Bonchev–Trinajstić information content (AvgIpc) is 2.32. The fraction of sp³-hybridized carbons (Fsp3) is 0. The summed E-state index contributed by atoms with van der Waals surface area (Å²) >= 11 is 8.40. The lowest BCUT2D eigenvalue weighted by Crippen LogP contribution is -2.13. The van der Waals surface area contributed by atoms with Gasteiger partial charge in [0, 0.05) is 4.47 Å². The van der Waals surface area contributed by atoms with Gasteiger partial charge in [-0.3, -0.25) is 0 Å². The highest BCUT2D eigenvalue weighted by Gasteiger charge is 2.08. The summed E-state index contributed by atoms with van der Waals surface area (Å²) in [6.45, 7) is 0. The SMILES string of the molecule is NC(=S)c1ccnnc1Nc1ccccc1Br. The number of nitrogens with zero attached hydrogens (tertiary/aromatic N) is 2. The second kappa shape index (κ2) is 5.20. The van der Waals surface area contributed by atoms with Crippen LogP contribution in [0.5, 0.6) is 0 Å². The number of halogens is 1. The number of aromatic nitrogens is 2. The highest BCUT2D eigenvalue weighted by Crippen LogP contribution is 2.25. The summed E-state index contributed by atoms with van der Waals surface area (Å²) in [7, 11) is 0. The molecule has 0 aliphatic heterocycles. The second-order valence-corrected chi connectivity index (χ2v) is 4.56. The molecule has 0 radical (unpaired) electrons. The minimum absolute atomic E-state index is 0.287. The molecule has 3 N–H and O–H groups in total. The van der Waals surface area contributed by atoms with E-state index in [0.717, 1.165) is 10.2 Å². The molecule has 0 atom stereocenters. The van der Waals surface area contributed by atoms with Gasteiger partial charge in [-0.2, -0.15) is 5.10 Å². The van der Waals surface area contributed by atoms with Crippen LogP contribution in [0.15, 0.2) is 41.0 Å². The molecule has 0 fully saturated rings. The first-order valence-corrected chi connectivity index (χ1v) is 6.01. The van der Waals surface area contributed by atoms with Gasteiger partial charge < -0.3 is 11.1 Å². The molecule has 2 aromatic rings. The molecule has 0 unspecified atom stereocenters. The first kappa shape index (κ1) is 11.9. The van der Waals surface area contributed by atoms with Crippen LogP contribution in [0.25, 0.3) is 0 Å². The van der Waals surface area contributed by atoms with Crippen LogP contribution in [0, 0.1) is 0 Å². The first-order valence-electron chi connectivity index (χ1n) is 4.81. The zero-order chi connectivity index (χ0) is 12.3. The molecular weight excluding hydrogens is 300 g/mol. The Morgan fingerprint density at radius 1 is 1.29 bits per heavy atom. The summed E-state index contributed by atoms with van der Waals surface area (Å²) in [5.74, 6) is 0.548. The molecule has 1 heterocycles. The number of nitrogens with two attached hydrogens (primary N) is 1. The second-order valence-electron chi connectivity index (χ2n) is 3.26. The molecule has 0 spiro atoms.